The number of amides is 1. The Hall–Kier alpha value is -2.91. The van der Waals surface area contributed by atoms with E-state index in [1.807, 2.05) is 31.2 Å². The molecule has 2 aromatic heterocycles. The predicted molar refractivity (Wildman–Crippen MR) is 94.2 cm³/mol. The van der Waals surface area contributed by atoms with Crippen molar-refractivity contribution in [1.82, 2.24) is 29.4 Å². The Labute approximate surface area is 158 Å². The zero-order valence-corrected chi connectivity index (χ0v) is 15.4. The molecule has 0 fully saturated rings. The van der Waals surface area contributed by atoms with E-state index in [0.29, 0.717) is 6.54 Å². The second-order valence-corrected chi connectivity index (χ2v) is 6.87. The number of hydrogen-bond donors (Lipinski definition) is 0. The fraction of sp³-hybridized carbons (Fsp3) is 0.444. The van der Waals surface area contributed by atoms with Gasteiger partial charge in [-0.1, -0.05) is 18.2 Å². The first-order valence-electron chi connectivity index (χ1n) is 8.99. The molecule has 28 heavy (non-hydrogen) atoms. The van der Waals surface area contributed by atoms with Gasteiger partial charge in [-0.25, -0.2) is 0 Å². The summed E-state index contributed by atoms with van der Waals surface area (Å²) in [5, 5.41) is 12.5. The van der Waals surface area contributed by atoms with E-state index in [1.54, 1.807) is 16.5 Å². The van der Waals surface area contributed by atoms with Gasteiger partial charge in [0, 0.05) is 24.9 Å². The summed E-state index contributed by atoms with van der Waals surface area (Å²) in [7, 11) is 0. The smallest absolute Gasteiger partial charge is 0.331 e. The van der Waals surface area contributed by atoms with Gasteiger partial charge in [0.15, 0.2) is 5.82 Å². The first kappa shape index (κ1) is 18.5. The lowest BCUT2D eigenvalue weighted by molar-refractivity contribution is -0.148. The third-order valence-corrected chi connectivity index (χ3v) is 5.14. The molecule has 0 N–H and O–H groups in total. The summed E-state index contributed by atoms with van der Waals surface area (Å²) >= 11 is 0. The molecule has 3 heterocycles. The first-order chi connectivity index (χ1) is 13.3. The van der Waals surface area contributed by atoms with Crippen LogP contribution < -0.4 is 0 Å². The number of hydrogen-bond acceptors (Lipinski definition) is 4. The van der Waals surface area contributed by atoms with Crippen molar-refractivity contribution in [1.29, 1.82) is 0 Å². The fourth-order valence-corrected chi connectivity index (χ4v) is 3.74. The second kappa shape index (κ2) is 6.61. The van der Waals surface area contributed by atoms with E-state index in [0.717, 1.165) is 21.2 Å². The summed E-state index contributed by atoms with van der Waals surface area (Å²) in [6.45, 7) is 4.20. The largest absolute Gasteiger partial charge is 0.451 e. The van der Waals surface area contributed by atoms with E-state index in [1.165, 1.54) is 0 Å². The van der Waals surface area contributed by atoms with Gasteiger partial charge in [-0.15, -0.1) is 10.2 Å². The van der Waals surface area contributed by atoms with E-state index < -0.39 is 18.0 Å². The lowest BCUT2D eigenvalue weighted by Gasteiger charge is -2.34. The number of nitrogens with zero attached hydrogens (tertiary/aromatic N) is 6. The maximum atomic E-state index is 13.0. The first-order valence-corrected chi connectivity index (χ1v) is 8.99. The molecule has 0 bridgehead atoms. The number of fused-ring (bicyclic) bond motifs is 2. The van der Waals surface area contributed by atoms with Crippen LogP contribution in [0.15, 0.2) is 24.3 Å². The van der Waals surface area contributed by atoms with Crippen molar-refractivity contribution in [2.75, 3.05) is 6.54 Å². The maximum Gasteiger partial charge on any atom is 0.451 e. The Kier molecular flexibility index (Phi) is 4.35. The average Bonchev–Trinajstić information content (AvgIpc) is 3.22. The Morgan fingerprint density at radius 3 is 2.71 bits per heavy atom. The van der Waals surface area contributed by atoms with E-state index in [-0.39, 0.29) is 31.2 Å². The van der Waals surface area contributed by atoms with Crippen molar-refractivity contribution in [3.63, 3.8) is 0 Å². The molecule has 0 radical (unpaired) electrons. The summed E-state index contributed by atoms with van der Waals surface area (Å²) < 4.78 is 41.9. The third kappa shape index (κ3) is 3.02. The molecular weight excluding hydrogens is 373 g/mol. The number of rotatable bonds is 3. The maximum absolute atomic E-state index is 13.0. The van der Waals surface area contributed by atoms with Crippen molar-refractivity contribution < 1.29 is 18.0 Å². The van der Waals surface area contributed by atoms with Crippen LogP contribution in [0.3, 0.4) is 0 Å². The van der Waals surface area contributed by atoms with Gasteiger partial charge >= 0.3 is 6.18 Å². The number of benzene rings is 1. The van der Waals surface area contributed by atoms with Gasteiger partial charge in [-0.3, -0.25) is 9.48 Å². The molecule has 1 unspecified atom stereocenters. The number of carbonyl (C=O) groups excluding carboxylic acids is 1. The molecule has 1 atom stereocenters. The molecule has 1 amide bonds. The number of alkyl halides is 3. The van der Waals surface area contributed by atoms with Crippen LogP contribution in [-0.4, -0.2) is 41.9 Å². The van der Waals surface area contributed by atoms with E-state index in [9.17, 15) is 18.0 Å². The van der Waals surface area contributed by atoms with Crippen LogP contribution in [0.25, 0.3) is 10.9 Å². The SMILES string of the molecule is Cc1nn(CCC(=O)N2CCn3c(nnc3C(F)(F)F)C2C)c2ccccc12. The molecular formula is C18H19F3N6O. The summed E-state index contributed by atoms with van der Waals surface area (Å²) in [6.07, 6.45) is -4.36. The van der Waals surface area contributed by atoms with Crippen molar-refractivity contribution >= 4 is 16.8 Å². The van der Waals surface area contributed by atoms with Crippen LogP contribution in [0.5, 0.6) is 0 Å². The molecule has 0 saturated heterocycles. The summed E-state index contributed by atoms with van der Waals surface area (Å²) in [5.74, 6) is -1.00. The molecule has 1 aliphatic rings. The standard InChI is InChI=1S/C18H19F3N6O/c1-11-13-5-3-4-6-14(13)27(24-11)8-7-15(28)25-9-10-26-16(12(25)2)22-23-17(26)18(19,20)21/h3-6,12H,7-10H2,1-2H3. The average molecular weight is 392 g/mol. The molecule has 7 nitrogen and oxygen atoms in total. The fourth-order valence-electron chi connectivity index (χ4n) is 3.74. The topological polar surface area (TPSA) is 68.8 Å². The van der Waals surface area contributed by atoms with Crippen LogP contribution in [-0.2, 0) is 24.1 Å². The number of carbonyl (C=O) groups is 1. The quantitative estimate of drug-likeness (QED) is 0.687. The molecule has 0 saturated carbocycles. The highest BCUT2D eigenvalue weighted by molar-refractivity contribution is 5.82. The summed E-state index contributed by atoms with van der Waals surface area (Å²) in [4.78, 5) is 14.3. The van der Waals surface area contributed by atoms with Crippen molar-refractivity contribution in [2.45, 2.75) is 45.6 Å². The van der Waals surface area contributed by atoms with E-state index >= 15 is 0 Å². The minimum absolute atomic E-state index is 0.0249. The highest BCUT2D eigenvalue weighted by Gasteiger charge is 2.41. The molecule has 1 aliphatic heterocycles. The monoisotopic (exact) mass is 392 g/mol. The lowest BCUT2D eigenvalue weighted by atomic mass is 10.2. The molecule has 4 rings (SSSR count). The molecule has 0 spiro atoms. The molecule has 148 valence electrons. The normalized spacial score (nSPS) is 17.2. The molecule has 3 aromatic rings. The van der Waals surface area contributed by atoms with Gasteiger partial charge < -0.3 is 9.47 Å². The van der Waals surface area contributed by atoms with Gasteiger partial charge in [0.2, 0.25) is 11.7 Å². The predicted octanol–water partition coefficient (Wildman–Crippen LogP) is 2.95. The highest BCUT2D eigenvalue weighted by Crippen LogP contribution is 2.32. The Morgan fingerprint density at radius 2 is 1.96 bits per heavy atom. The summed E-state index contributed by atoms with van der Waals surface area (Å²) in [5.41, 5.74) is 1.84. The van der Waals surface area contributed by atoms with E-state index in [2.05, 4.69) is 15.3 Å². The van der Waals surface area contributed by atoms with E-state index in [4.69, 9.17) is 0 Å². The highest BCUT2D eigenvalue weighted by atomic mass is 19.4. The number of aromatic nitrogens is 5. The van der Waals surface area contributed by atoms with Crippen molar-refractivity contribution in [3.05, 3.63) is 41.6 Å². The third-order valence-electron chi connectivity index (χ3n) is 5.14. The number of para-hydroxylation sites is 1. The van der Waals surface area contributed by atoms with Gasteiger partial charge in [0.05, 0.1) is 23.8 Å². The minimum atomic E-state index is -4.56. The van der Waals surface area contributed by atoms with Gasteiger partial charge in [0.1, 0.15) is 0 Å². The van der Waals surface area contributed by atoms with Gasteiger partial charge in [0.25, 0.3) is 0 Å². The second-order valence-electron chi connectivity index (χ2n) is 6.87. The Bertz CT molecular complexity index is 1040. The van der Waals surface area contributed by atoms with Gasteiger partial charge in [-0.2, -0.15) is 18.3 Å². The molecule has 10 heteroatoms. The van der Waals surface area contributed by atoms with Crippen LogP contribution >= 0.6 is 0 Å². The molecule has 0 aliphatic carbocycles. The van der Waals surface area contributed by atoms with Crippen LogP contribution in [0.1, 0.15) is 36.7 Å². The zero-order valence-electron chi connectivity index (χ0n) is 15.4. The van der Waals surface area contributed by atoms with Crippen LogP contribution in [0.4, 0.5) is 13.2 Å². The van der Waals surface area contributed by atoms with Crippen LogP contribution in [0.2, 0.25) is 0 Å². The zero-order chi connectivity index (χ0) is 20.1. The summed E-state index contributed by atoms with van der Waals surface area (Å²) in [6, 6.07) is 7.21. The minimum Gasteiger partial charge on any atom is -0.331 e. The van der Waals surface area contributed by atoms with Gasteiger partial charge in [-0.05, 0) is 19.9 Å². The number of aryl methyl sites for hydroxylation is 2. The van der Waals surface area contributed by atoms with Crippen LogP contribution in [0, 0.1) is 6.92 Å². The van der Waals surface area contributed by atoms with Crippen molar-refractivity contribution in [3.8, 4) is 0 Å². The number of halogens is 3. The van der Waals surface area contributed by atoms with Crippen molar-refractivity contribution in [2.24, 2.45) is 0 Å². The lowest BCUT2D eigenvalue weighted by Crippen LogP contribution is -2.42. The Morgan fingerprint density at radius 1 is 1.21 bits per heavy atom. The molecule has 1 aromatic carbocycles. The Balaban J connectivity index is 1.49.